The van der Waals surface area contributed by atoms with Gasteiger partial charge in [0.15, 0.2) is 0 Å². The standard InChI is InChI=1S/C27H28ClFN4O5S/c1-16-5-8-19(22(13-16)37-12-11-30-26(36)38-27(2,3)4)25(35)33(39)21-9-7-18(29)14-20(21)24(34)32-23-10-6-17(28)15-31-23/h5-10,13-15,39H,11-12H2,1-4H3,(H,30,36)(H,31,32,34). The monoisotopic (exact) mass is 574 g/mol. The Bertz CT molecular complexity index is 1370. The molecule has 0 aliphatic carbocycles. The molecule has 206 valence electrons. The summed E-state index contributed by atoms with van der Waals surface area (Å²) in [6.07, 6.45) is 0.754. The van der Waals surface area contributed by atoms with E-state index in [-0.39, 0.29) is 41.5 Å². The molecular weight excluding hydrogens is 547 g/mol. The van der Waals surface area contributed by atoms with Gasteiger partial charge in [-0.25, -0.2) is 14.2 Å². The second kappa shape index (κ2) is 12.8. The number of benzene rings is 2. The number of anilines is 2. The van der Waals surface area contributed by atoms with Crippen LogP contribution >= 0.6 is 24.4 Å². The van der Waals surface area contributed by atoms with Crippen LogP contribution in [0.5, 0.6) is 5.75 Å². The number of amides is 3. The average molecular weight is 575 g/mol. The number of thiol groups is 1. The zero-order chi connectivity index (χ0) is 28.7. The topological polar surface area (TPSA) is 110 Å². The number of nitrogens with zero attached hydrogens (tertiary/aromatic N) is 2. The van der Waals surface area contributed by atoms with Crippen LogP contribution in [-0.2, 0) is 4.74 Å². The number of halogens is 2. The van der Waals surface area contributed by atoms with E-state index in [1.54, 1.807) is 39.0 Å². The number of alkyl carbamates (subject to hydrolysis) is 1. The van der Waals surface area contributed by atoms with Crippen molar-refractivity contribution in [3.8, 4) is 5.75 Å². The molecule has 0 atom stereocenters. The molecule has 0 bridgehead atoms. The number of nitrogens with one attached hydrogen (secondary N) is 2. The predicted octanol–water partition coefficient (Wildman–Crippen LogP) is 5.83. The lowest BCUT2D eigenvalue weighted by Crippen LogP contribution is -2.34. The Labute approximate surface area is 236 Å². The summed E-state index contributed by atoms with van der Waals surface area (Å²) in [5.74, 6) is -1.59. The minimum atomic E-state index is -0.709. The number of hydrogen-bond acceptors (Lipinski definition) is 7. The highest BCUT2D eigenvalue weighted by Crippen LogP contribution is 2.29. The zero-order valence-corrected chi connectivity index (χ0v) is 23.4. The number of hydrogen-bond donors (Lipinski definition) is 3. The normalized spacial score (nSPS) is 10.9. The third kappa shape index (κ3) is 8.59. The van der Waals surface area contributed by atoms with E-state index in [1.165, 1.54) is 24.4 Å². The minimum absolute atomic E-state index is 0.0364. The van der Waals surface area contributed by atoms with E-state index in [0.29, 0.717) is 5.02 Å². The Hall–Kier alpha value is -3.83. The summed E-state index contributed by atoms with van der Waals surface area (Å²) in [5, 5.41) is 5.50. The second-order valence-corrected chi connectivity index (χ2v) is 10.2. The van der Waals surface area contributed by atoms with Gasteiger partial charge in [0.05, 0.1) is 28.4 Å². The zero-order valence-electron chi connectivity index (χ0n) is 21.7. The van der Waals surface area contributed by atoms with Gasteiger partial charge in [-0.1, -0.05) is 30.5 Å². The number of carbonyl (C=O) groups is 3. The van der Waals surface area contributed by atoms with Crippen molar-refractivity contribution in [3.05, 3.63) is 82.3 Å². The third-order valence-electron chi connectivity index (χ3n) is 4.99. The quantitative estimate of drug-likeness (QED) is 0.231. The maximum Gasteiger partial charge on any atom is 0.407 e. The molecular formula is C27H28ClFN4O5S. The van der Waals surface area contributed by atoms with Gasteiger partial charge < -0.3 is 20.1 Å². The Balaban J connectivity index is 1.78. The first-order chi connectivity index (χ1) is 18.3. The molecule has 0 saturated heterocycles. The van der Waals surface area contributed by atoms with Crippen LogP contribution in [0.1, 0.15) is 47.1 Å². The first-order valence-electron chi connectivity index (χ1n) is 11.8. The predicted molar refractivity (Wildman–Crippen MR) is 150 cm³/mol. The van der Waals surface area contributed by atoms with Gasteiger partial charge >= 0.3 is 6.09 Å². The molecule has 3 aromatic rings. The summed E-state index contributed by atoms with van der Waals surface area (Å²) in [4.78, 5) is 42.3. The van der Waals surface area contributed by atoms with Crippen molar-refractivity contribution in [1.29, 1.82) is 0 Å². The summed E-state index contributed by atoms with van der Waals surface area (Å²) < 4.78 is 26.0. The number of rotatable bonds is 8. The Morgan fingerprint density at radius 3 is 2.49 bits per heavy atom. The van der Waals surface area contributed by atoms with Gasteiger partial charge in [0.1, 0.15) is 29.6 Å². The smallest absolute Gasteiger partial charge is 0.407 e. The van der Waals surface area contributed by atoms with Crippen molar-refractivity contribution in [3.63, 3.8) is 0 Å². The van der Waals surface area contributed by atoms with Crippen LogP contribution in [0.4, 0.5) is 20.7 Å². The lowest BCUT2D eigenvalue weighted by atomic mass is 10.1. The minimum Gasteiger partial charge on any atom is -0.491 e. The molecule has 0 saturated carbocycles. The molecule has 3 rings (SSSR count). The molecule has 0 aliphatic rings. The van der Waals surface area contributed by atoms with Gasteiger partial charge in [-0.15, -0.1) is 0 Å². The van der Waals surface area contributed by atoms with E-state index in [9.17, 15) is 18.8 Å². The molecule has 0 fully saturated rings. The van der Waals surface area contributed by atoms with Crippen LogP contribution in [0.3, 0.4) is 0 Å². The molecule has 2 aromatic carbocycles. The number of ether oxygens (including phenoxy) is 2. The van der Waals surface area contributed by atoms with Crippen molar-refractivity contribution in [2.75, 3.05) is 22.8 Å². The Kier molecular flexibility index (Phi) is 9.76. The van der Waals surface area contributed by atoms with E-state index >= 15 is 0 Å². The molecule has 1 aromatic heterocycles. The van der Waals surface area contributed by atoms with E-state index in [2.05, 4.69) is 28.4 Å². The van der Waals surface area contributed by atoms with Crippen LogP contribution in [0.15, 0.2) is 54.7 Å². The second-order valence-electron chi connectivity index (χ2n) is 9.37. The average Bonchev–Trinajstić information content (AvgIpc) is 2.86. The van der Waals surface area contributed by atoms with Crippen molar-refractivity contribution in [1.82, 2.24) is 10.3 Å². The molecule has 3 amide bonds. The summed E-state index contributed by atoms with van der Waals surface area (Å²) in [6.45, 7) is 7.26. The molecule has 39 heavy (non-hydrogen) atoms. The Morgan fingerprint density at radius 1 is 1.08 bits per heavy atom. The number of pyridine rings is 1. The molecule has 1 heterocycles. The number of aryl methyl sites for hydroxylation is 1. The lowest BCUT2D eigenvalue weighted by Gasteiger charge is -2.21. The number of carbonyl (C=O) groups excluding carboxylic acids is 3. The molecule has 0 radical (unpaired) electrons. The van der Waals surface area contributed by atoms with E-state index in [1.807, 2.05) is 6.92 Å². The fraction of sp³-hybridized carbons (Fsp3) is 0.259. The van der Waals surface area contributed by atoms with Gasteiger partial charge in [0, 0.05) is 6.20 Å². The molecule has 9 nitrogen and oxygen atoms in total. The molecule has 12 heteroatoms. The molecule has 0 aliphatic heterocycles. The van der Waals surface area contributed by atoms with Gasteiger partial charge in [-0.05, 0) is 75.7 Å². The summed E-state index contributed by atoms with van der Waals surface area (Å²) in [6, 6.07) is 11.3. The van der Waals surface area contributed by atoms with Crippen LogP contribution in [0.2, 0.25) is 5.02 Å². The van der Waals surface area contributed by atoms with E-state index < -0.39 is 29.3 Å². The van der Waals surface area contributed by atoms with Gasteiger partial charge in [0.2, 0.25) is 0 Å². The highest BCUT2D eigenvalue weighted by Gasteiger charge is 2.24. The Morgan fingerprint density at radius 2 is 1.82 bits per heavy atom. The van der Waals surface area contributed by atoms with Crippen LogP contribution in [0.25, 0.3) is 0 Å². The van der Waals surface area contributed by atoms with Crippen molar-refractivity contribution in [2.24, 2.45) is 0 Å². The van der Waals surface area contributed by atoms with Gasteiger partial charge in [-0.3, -0.25) is 13.9 Å². The summed E-state index contributed by atoms with van der Waals surface area (Å²) in [7, 11) is 0. The highest BCUT2D eigenvalue weighted by atomic mass is 35.5. The van der Waals surface area contributed by atoms with Crippen LogP contribution in [0, 0.1) is 12.7 Å². The SMILES string of the molecule is Cc1ccc(C(=O)N(S)c2ccc(F)cc2C(=O)Nc2ccc(Cl)cn2)c(OCCNC(=O)OC(C)(C)C)c1. The highest BCUT2D eigenvalue weighted by molar-refractivity contribution is 7.82. The van der Waals surface area contributed by atoms with E-state index in [0.717, 1.165) is 22.0 Å². The first-order valence-corrected chi connectivity index (χ1v) is 12.6. The number of aromatic nitrogens is 1. The summed E-state index contributed by atoms with van der Waals surface area (Å²) >= 11 is 10.2. The molecule has 0 spiro atoms. The fourth-order valence-corrected chi connectivity index (χ4v) is 3.68. The summed E-state index contributed by atoms with van der Waals surface area (Å²) in [5.41, 5.74) is 0.214. The van der Waals surface area contributed by atoms with Crippen LogP contribution in [-0.4, -0.2) is 41.6 Å². The maximum absolute atomic E-state index is 14.1. The van der Waals surface area contributed by atoms with Crippen molar-refractivity contribution in [2.45, 2.75) is 33.3 Å². The molecule has 2 N–H and O–H groups in total. The first kappa shape index (κ1) is 29.7. The fourth-order valence-electron chi connectivity index (χ4n) is 3.29. The molecule has 0 unspecified atom stereocenters. The van der Waals surface area contributed by atoms with Crippen LogP contribution < -0.4 is 19.7 Å². The lowest BCUT2D eigenvalue weighted by molar-refractivity contribution is 0.0519. The van der Waals surface area contributed by atoms with Crippen molar-refractivity contribution < 1.29 is 28.2 Å². The van der Waals surface area contributed by atoms with Crippen molar-refractivity contribution >= 4 is 53.8 Å². The maximum atomic E-state index is 14.1. The third-order valence-corrected chi connectivity index (χ3v) is 5.61. The van der Waals surface area contributed by atoms with Gasteiger partial charge in [0.25, 0.3) is 11.8 Å². The van der Waals surface area contributed by atoms with Gasteiger partial charge in [-0.2, -0.15) is 0 Å². The van der Waals surface area contributed by atoms with E-state index in [4.69, 9.17) is 21.1 Å². The largest absolute Gasteiger partial charge is 0.491 e.